The predicted octanol–water partition coefficient (Wildman–Crippen LogP) is 6.97. The molecular formula is C25H19BrN4O2. The van der Waals surface area contributed by atoms with Crippen molar-refractivity contribution < 1.29 is 4.92 Å². The van der Waals surface area contributed by atoms with E-state index in [0.29, 0.717) is 16.0 Å². The molecule has 0 unspecified atom stereocenters. The molecule has 1 N–H and O–H groups in total. The van der Waals surface area contributed by atoms with Gasteiger partial charge >= 0.3 is 0 Å². The molecule has 0 saturated carbocycles. The van der Waals surface area contributed by atoms with Gasteiger partial charge in [0.1, 0.15) is 0 Å². The van der Waals surface area contributed by atoms with Crippen LogP contribution in [0.15, 0.2) is 119 Å². The van der Waals surface area contributed by atoms with Gasteiger partial charge in [-0.05, 0) is 46.3 Å². The average molecular weight is 487 g/mol. The van der Waals surface area contributed by atoms with Gasteiger partial charge in [0.05, 0.1) is 10.6 Å². The number of nitro groups is 1. The van der Waals surface area contributed by atoms with Crippen molar-refractivity contribution in [1.82, 2.24) is 0 Å². The van der Waals surface area contributed by atoms with Crippen LogP contribution in [0.3, 0.4) is 0 Å². The van der Waals surface area contributed by atoms with Gasteiger partial charge in [0.15, 0.2) is 5.84 Å². The van der Waals surface area contributed by atoms with Crippen molar-refractivity contribution in [3.63, 3.8) is 0 Å². The second-order valence-corrected chi connectivity index (χ2v) is 7.70. The number of non-ortho nitro benzene ring substituents is 1. The highest BCUT2D eigenvalue weighted by Gasteiger charge is 2.18. The summed E-state index contributed by atoms with van der Waals surface area (Å²) in [7, 11) is 0. The Morgan fingerprint density at radius 3 is 1.84 bits per heavy atom. The maximum absolute atomic E-state index is 11.0. The Morgan fingerprint density at radius 1 is 0.812 bits per heavy atom. The van der Waals surface area contributed by atoms with E-state index in [4.69, 9.17) is 5.10 Å². The van der Waals surface area contributed by atoms with Crippen molar-refractivity contribution in [3.05, 3.63) is 129 Å². The summed E-state index contributed by atoms with van der Waals surface area (Å²) in [6.45, 7) is 0. The summed E-state index contributed by atoms with van der Waals surface area (Å²) in [5.74, 6) is 0.674. The Bertz CT molecular complexity index is 1190. The summed E-state index contributed by atoms with van der Waals surface area (Å²) in [5.41, 5.74) is 6.50. The summed E-state index contributed by atoms with van der Waals surface area (Å²) < 4.78 is 0.550. The minimum absolute atomic E-state index is 0.00452. The monoisotopic (exact) mass is 486 g/mol. The number of hydrogen-bond acceptors (Lipinski definition) is 4. The molecule has 0 heterocycles. The average Bonchev–Trinajstić information content (AvgIpc) is 2.84. The quantitative estimate of drug-likeness (QED) is 0.138. The molecule has 4 aromatic rings. The molecule has 0 aromatic heterocycles. The Labute approximate surface area is 194 Å². The fourth-order valence-electron chi connectivity index (χ4n) is 3.20. The molecule has 0 radical (unpaired) electrons. The summed E-state index contributed by atoms with van der Waals surface area (Å²) in [6, 6.07) is 34.3. The third-order valence-corrected chi connectivity index (χ3v) is 5.37. The van der Waals surface area contributed by atoms with Gasteiger partial charge in [-0.15, -0.1) is 0 Å². The number of rotatable bonds is 6. The smallest absolute Gasteiger partial charge is 0.270 e. The normalized spacial score (nSPS) is 11.1. The number of benzene rings is 4. The number of anilines is 3. The lowest BCUT2D eigenvalue weighted by molar-refractivity contribution is -0.384. The van der Waals surface area contributed by atoms with Crippen LogP contribution in [0.5, 0.6) is 0 Å². The molecule has 0 atom stereocenters. The van der Waals surface area contributed by atoms with E-state index >= 15 is 0 Å². The van der Waals surface area contributed by atoms with Crippen molar-refractivity contribution in [2.75, 3.05) is 10.3 Å². The highest BCUT2D eigenvalue weighted by Crippen LogP contribution is 2.30. The highest BCUT2D eigenvalue weighted by molar-refractivity contribution is 9.10. The molecule has 0 bridgehead atoms. The number of amidine groups is 1. The first-order chi connectivity index (χ1) is 15.6. The first-order valence-corrected chi connectivity index (χ1v) is 10.7. The predicted molar refractivity (Wildman–Crippen MR) is 132 cm³/mol. The van der Waals surface area contributed by atoms with Gasteiger partial charge in [-0.1, -0.05) is 66.7 Å². The largest absolute Gasteiger partial charge is 0.293 e. The lowest BCUT2D eigenvalue weighted by Crippen LogP contribution is -2.28. The summed E-state index contributed by atoms with van der Waals surface area (Å²) >= 11 is 3.40. The van der Waals surface area contributed by atoms with Gasteiger partial charge in [-0.25, -0.2) is 0 Å². The van der Waals surface area contributed by atoms with Gasteiger partial charge < -0.3 is 0 Å². The topological polar surface area (TPSA) is 70.8 Å². The zero-order chi connectivity index (χ0) is 22.3. The highest BCUT2D eigenvalue weighted by atomic mass is 79.9. The van der Waals surface area contributed by atoms with Crippen LogP contribution in [0, 0.1) is 10.1 Å². The number of hydrazone groups is 1. The number of nitrogens with one attached hydrogen (secondary N) is 1. The first-order valence-electron chi connectivity index (χ1n) is 9.87. The van der Waals surface area contributed by atoms with Crippen molar-refractivity contribution in [1.29, 1.82) is 0 Å². The minimum Gasteiger partial charge on any atom is -0.293 e. The molecule has 7 heteroatoms. The zero-order valence-corrected chi connectivity index (χ0v) is 18.5. The SMILES string of the molecule is O=[N+]([O-])c1ccc(N/N=C(\c2ccccc2)N(c2ccccc2)c2ccccc2)c(Br)c1. The van der Waals surface area contributed by atoms with E-state index in [2.05, 4.69) is 26.3 Å². The maximum atomic E-state index is 11.0. The second kappa shape index (κ2) is 9.89. The molecular weight excluding hydrogens is 468 g/mol. The molecule has 4 rings (SSSR count). The summed E-state index contributed by atoms with van der Waals surface area (Å²) in [4.78, 5) is 12.7. The number of para-hydroxylation sites is 2. The standard InChI is InChI=1S/C25H19BrN4O2/c26-23-18-22(30(31)32)16-17-24(23)27-28-25(19-10-4-1-5-11-19)29(20-12-6-2-7-13-20)21-14-8-3-9-15-21/h1-18,27H/b28-25+. The van der Waals surface area contributed by atoms with Gasteiger partial charge in [-0.2, -0.15) is 5.10 Å². The van der Waals surface area contributed by atoms with E-state index in [1.165, 1.54) is 12.1 Å². The van der Waals surface area contributed by atoms with E-state index in [1.54, 1.807) is 6.07 Å². The van der Waals surface area contributed by atoms with Crippen LogP contribution < -0.4 is 10.3 Å². The molecule has 0 amide bonds. The van der Waals surface area contributed by atoms with E-state index in [-0.39, 0.29) is 5.69 Å². The Morgan fingerprint density at radius 2 is 1.34 bits per heavy atom. The van der Waals surface area contributed by atoms with Crippen LogP contribution in [-0.2, 0) is 0 Å². The lowest BCUT2D eigenvalue weighted by atomic mass is 10.1. The lowest BCUT2D eigenvalue weighted by Gasteiger charge is -2.27. The minimum atomic E-state index is -0.431. The molecule has 0 aliphatic carbocycles. The van der Waals surface area contributed by atoms with Gasteiger partial charge in [-0.3, -0.25) is 20.4 Å². The molecule has 0 fully saturated rings. The number of hydrogen-bond donors (Lipinski definition) is 1. The van der Waals surface area contributed by atoms with E-state index in [1.807, 2.05) is 91.0 Å². The van der Waals surface area contributed by atoms with Crippen molar-refractivity contribution >= 4 is 44.5 Å². The molecule has 0 spiro atoms. The van der Waals surface area contributed by atoms with E-state index < -0.39 is 4.92 Å². The molecule has 6 nitrogen and oxygen atoms in total. The maximum Gasteiger partial charge on any atom is 0.270 e. The second-order valence-electron chi connectivity index (χ2n) is 6.84. The van der Waals surface area contributed by atoms with Crippen LogP contribution in [0.2, 0.25) is 0 Å². The van der Waals surface area contributed by atoms with Crippen molar-refractivity contribution in [3.8, 4) is 0 Å². The molecule has 0 saturated heterocycles. The molecule has 158 valence electrons. The first kappa shape index (κ1) is 21.3. The van der Waals surface area contributed by atoms with Crippen LogP contribution in [0.25, 0.3) is 0 Å². The number of nitrogens with zero attached hydrogens (tertiary/aromatic N) is 3. The van der Waals surface area contributed by atoms with Crippen molar-refractivity contribution in [2.24, 2.45) is 5.10 Å². The number of halogens is 1. The van der Waals surface area contributed by atoms with Gasteiger partial charge in [0.25, 0.3) is 5.69 Å². The third kappa shape index (κ3) is 4.84. The number of nitro benzene ring substituents is 1. The molecule has 4 aromatic carbocycles. The molecule has 0 aliphatic heterocycles. The van der Waals surface area contributed by atoms with E-state index in [9.17, 15) is 10.1 Å². The third-order valence-electron chi connectivity index (χ3n) is 4.72. The zero-order valence-electron chi connectivity index (χ0n) is 16.9. The van der Waals surface area contributed by atoms with E-state index in [0.717, 1.165) is 16.9 Å². The fourth-order valence-corrected chi connectivity index (χ4v) is 3.66. The Balaban J connectivity index is 1.82. The Kier molecular flexibility index (Phi) is 6.57. The van der Waals surface area contributed by atoms with Crippen LogP contribution in [0.4, 0.5) is 22.7 Å². The summed E-state index contributed by atoms with van der Waals surface area (Å²) in [5, 5.41) is 15.8. The molecule has 32 heavy (non-hydrogen) atoms. The van der Waals surface area contributed by atoms with Crippen LogP contribution >= 0.6 is 15.9 Å². The molecule has 0 aliphatic rings. The van der Waals surface area contributed by atoms with Gasteiger partial charge in [0, 0.05) is 33.5 Å². The van der Waals surface area contributed by atoms with Crippen molar-refractivity contribution in [2.45, 2.75) is 0 Å². The van der Waals surface area contributed by atoms with Crippen LogP contribution in [-0.4, -0.2) is 10.8 Å². The fraction of sp³-hybridized carbons (Fsp3) is 0. The Hall–Kier alpha value is -3.97. The van der Waals surface area contributed by atoms with Crippen LogP contribution in [0.1, 0.15) is 5.56 Å². The van der Waals surface area contributed by atoms with Gasteiger partial charge in [0.2, 0.25) is 0 Å². The summed E-state index contributed by atoms with van der Waals surface area (Å²) in [6.07, 6.45) is 0.